The second-order valence-electron chi connectivity index (χ2n) is 3.24. The molecule has 1 N–H and O–H groups in total. The highest BCUT2D eigenvalue weighted by Gasteiger charge is 2.30. The summed E-state index contributed by atoms with van der Waals surface area (Å²) in [6.45, 7) is 2.13. The molecule has 0 aromatic rings. The quantitative estimate of drug-likeness (QED) is 0.361. The van der Waals surface area contributed by atoms with Crippen LogP contribution in [0, 0.1) is 0 Å². The number of hydrogen-bond donors (Lipinski definition) is 1. The average Bonchev–Trinajstić information content (AvgIpc) is 2.68. The van der Waals surface area contributed by atoms with Gasteiger partial charge in [0.1, 0.15) is 12.6 Å². The van der Waals surface area contributed by atoms with E-state index in [0.717, 1.165) is 0 Å². The lowest BCUT2D eigenvalue weighted by Crippen LogP contribution is -2.32. The fourth-order valence-corrected chi connectivity index (χ4v) is 1.42. The third kappa shape index (κ3) is 5.74. The van der Waals surface area contributed by atoms with E-state index in [1.807, 2.05) is 4.93 Å². The third-order valence-corrected chi connectivity index (χ3v) is 2.09. The van der Waals surface area contributed by atoms with Crippen LogP contribution in [0.5, 0.6) is 0 Å². The largest absolute Gasteiger partial charge is 0.466 e. The van der Waals surface area contributed by atoms with Gasteiger partial charge in [-0.25, -0.2) is 4.39 Å². The number of rotatable bonds is 4. The maximum absolute atomic E-state index is 12.7. The fourth-order valence-electron chi connectivity index (χ4n) is 1.42. The molecule has 1 rings (SSSR count). The smallest absolute Gasteiger partial charge is 0.313 e. The Morgan fingerprint density at radius 3 is 2.56 bits per heavy atom. The topological polar surface area (TPSA) is 55.4 Å². The Kier molecular flexibility index (Phi) is 8.73. The molecular weight excluding hydrogens is 328 g/mol. The molecule has 0 aromatic heterocycles. The summed E-state index contributed by atoms with van der Waals surface area (Å²) >= 11 is 2.15. The van der Waals surface area contributed by atoms with Gasteiger partial charge < -0.3 is 10.1 Å². The first-order chi connectivity index (χ1) is 7.63. The molecule has 0 aliphatic carbocycles. The predicted molar refractivity (Wildman–Crippen MR) is 67.5 cm³/mol. The van der Waals surface area contributed by atoms with Gasteiger partial charge in [-0.15, -0.1) is 0 Å². The number of esters is 1. The molecule has 0 bridgehead atoms. The van der Waals surface area contributed by atoms with Gasteiger partial charge in [0, 0.05) is 13.0 Å². The Balaban J connectivity index is 0.00000106. The van der Waals surface area contributed by atoms with Crippen molar-refractivity contribution in [3.8, 4) is 0 Å². The first kappa shape index (κ1) is 15.8. The van der Waals surface area contributed by atoms with Crippen molar-refractivity contribution in [2.24, 2.45) is 0 Å². The van der Waals surface area contributed by atoms with E-state index >= 15 is 0 Å². The number of nitrogens with one attached hydrogen (secondary N) is 1. The zero-order valence-corrected chi connectivity index (χ0v) is 11.6. The van der Waals surface area contributed by atoms with Crippen LogP contribution in [0.15, 0.2) is 0 Å². The van der Waals surface area contributed by atoms with Crippen LogP contribution in [0.4, 0.5) is 4.39 Å². The van der Waals surface area contributed by atoms with Crippen molar-refractivity contribution >= 4 is 34.3 Å². The zero-order chi connectivity index (χ0) is 12.6. The normalized spacial score (nSPS) is 23.2. The van der Waals surface area contributed by atoms with Crippen molar-refractivity contribution in [3.63, 3.8) is 0 Å². The zero-order valence-electron chi connectivity index (χ0n) is 9.46. The SMILES string of the molecule is CCOC(=O)CC(=O)C1C[C@@H](F)CN1.CI. The number of carbonyl (C=O) groups is 2. The number of hydrogen-bond acceptors (Lipinski definition) is 4. The molecule has 1 aliphatic rings. The number of ketones is 1. The second kappa shape index (κ2) is 8.86. The van der Waals surface area contributed by atoms with Crippen LogP contribution in [0.3, 0.4) is 0 Å². The molecule has 1 fully saturated rings. The first-order valence-electron chi connectivity index (χ1n) is 5.07. The summed E-state index contributed by atoms with van der Waals surface area (Å²) in [5.41, 5.74) is 0. The van der Waals surface area contributed by atoms with E-state index in [0.29, 0.717) is 0 Å². The summed E-state index contributed by atoms with van der Waals surface area (Å²) in [6, 6.07) is -0.519. The van der Waals surface area contributed by atoms with Crippen LogP contribution >= 0.6 is 22.6 Å². The summed E-state index contributed by atoms with van der Waals surface area (Å²) in [5, 5.41) is 2.72. The van der Waals surface area contributed by atoms with E-state index in [9.17, 15) is 14.0 Å². The van der Waals surface area contributed by atoms with Crippen LogP contribution in [0.1, 0.15) is 19.8 Å². The molecule has 1 saturated heterocycles. The molecule has 1 heterocycles. The number of halogens is 2. The van der Waals surface area contributed by atoms with Gasteiger partial charge >= 0.3 is 5.97 Å². The monoisotopic (exact) mass is 345 g/mol. The average molecular weight is 345 g/mol. The molecule has 2 atom stereocenters. The summed E-state index contributed by atoms with van der Waals surface area (Å²) < 4.78 is 17.3. The van der Waals surface area contributed by atoms with E-state index in [4.69, 9.17) is 0 Å². The standard InChI is InChI=1S/C9H14FNO3.CH3I/c1-2-14-9(13)4-8(12)7-3-6(10)5-11-7;1-2/h6-7,11H,2-5H2,1H3;1H3/t6-,7?;/m1./s1. The number of carbonyl (C=O) groups excluding carboxylic acids is 2. The van der Waals surface area contributed by atoms with Crippen molar-refractivity contribution in [2.75, 3.05) is 18.1 Å². The molecule has 1 unspecified atom stereocenters. The Bertz CT molecular complexity index is 238. The molecule has 0 amide bonds. The van der Waals surface area contributed by atoms with Crippen molar-refractivity contribution in [1.29, 1.82) is 0 Å². The molecule has 4 nitrogen and oxygen atoms in total. The molecule has 1 aliphatic heterocycles. The third-order valence-electron chi connectivity index (χ3n) is 2.09. The highest BCUT2D eigenvalue weighted by atomic mass is 127. The fraction of sp³-hybridized carbons (Fsp3) is 0.800. The van der Waals surface area contributed by atoms with Crippen molar-refractivity contribution in [2.45, 2.75) is 32.0 Å². The highest BCUT2D eigenvalue weighted by molar-refractivity contribution is 14.1. The summed E-state index contributed by atoms with van der Waals surface area (Å²) in [7, 11) is 0. The number of Topliss-reactive ketones (excluding diaryl/α,β-unsaturated/α-hetero) is 1. The van der Waals surface area contributed by atoms with Gasteiger partial charge in [-0.1, -0.05) is 22.6 Å². The molecule has 0 aromatic carbocycles. The van der Waals surface area contributed by atoms with Gasteiger partial charge in [0.2, 0.25) is 0 Å². The minimum Gasteiger partial charge on any atom is -0.466 e. The van der Waals surface area contributed by atoms with E-state index in [2.05, 4.69) is 32.6 Å². The lowest BCUT2D eigenvalue weighted by atomic mass is 10.1. The van der Waals surface area contributed by atoms with Crippen molar-refractivity contribution < 1.29 is 18.7 Å². The van der Waals surface area contributed by atoms with Crippen LogP contribution < -0.4 is 5.32 Å². The first-order valence-corrected chi connectivity index (χ1v) is 7.22. The molecule has 0 saturated carbocycles. The lowest BCUT2D eigenvalue weighted by Gasteiger charge is -2.07. The van der Waals surface area contributed by atoms with Crippen LogP contribution in [0.25, 0.3) is 0 Å². The Hall–Kier alpha value is -0.240. The molecular formula is C10H17FINO3. The van der Waals surface area contributed by atoms with Crippen molar-refractivity contribution in [3.05, 3.63) is 0 Å². The minimum absolute atomic E-state index is 0.165. The number of ether oxygens (including phenoxy) is 1. The van der Waals surface area contributed by atoms with Crippen LogP contribution in [-0.4, -0.2) is 42.0 Å². The Morgan fingerprint density at radius 1 is 1.50 bits per heavy atom. The van der Waals surface area contributed by atoms with E-state index in [1.54, 1.807) is 6.92 Å². The summed E-state index contributed by atoms with van der Waals surface area (Å²) in [4.78, 5) is 24.2. The van der Waals surface area contributed by atoms with Gasteiger partial charge in [-0.3, -0.25) is 9.59 Å². The minimum atomic E-state index is -0.980. The molecule has 6 heteroatoms. The van der Waals surface area contributed by atoms with Crippen LogP contribution in [-0.2, 0) is 14.3 Å². The molecule has 0 spiro atoms. The Morgan fingerprint density at radius 2 is 2.12 bits per heavy atom. The number of alkyl halides is 2. The highest BCUT2D eigenvalue weighted by Crippen LogP contribution is 2.12. The van der Waals surface area contributed by atoms with E-state index in [-0.39, 0.29) is 31.8 Å². The van der Waals surface area contributed by atoms with E-state index < -0.39 is 18.2 Å². The van der Waals surface area contributed by atoms with Crippen molar-refractivity contribution in [1.82, 2.24) is 5.32 Å². The summed E-state index contributed by atoms with van der Waals surface area (Å²) in [5.74, 6) is -0.829. The van der Waals surface area contributed by atoms with Gasteiger partial charge in [0.05, 0.1) is 12.6 Å². The van der Waals surface area contributed by atoms with Gasteiger partial charge in [-0.2, -0.15) is 0 Å². The summed E-state index contributed by atoms with van der Waals surface area (Å²) in [6.07, 6.45) is -1.08. The van der Waals surface area contributed by atoms with Gasteiger partial charge in [0.15, 0.2) is 5.78 Å². The Labute approximate surface area is 108 Å². The molecule has 94 valence electrons. The molecule has 16 heavy (non-hydrogen) atoms. The van der Waals surface area contributed by atoms with Crippen LogP contribution in [0.2, 0.25) is 0 Å². The lowest BCUT2D eigenvalue weighted by molar-refractivity contribution is -0.145. The predicted octanol–water partition coefficient (Wildman–Crippen LogP) is 1.26. The maximum atomic E-state index is 12.7. The van der Waals surface area contributed by atoms with Gasteiger partial charge in [-0.05, 0) is 11.9 Å². The maximum Gasteiger partial charge on any atom is 0.313 e. The molecule has 0 radical (unpaired) electrons. The van der Waals surface area contributed by atoms with E-state index in [1.165, 1.54) is 0 Å². The second-order valence-corrected chi connectivity index (χ2v) is 3.24. The van der Waals surface area contributed by atoms with Gasteiger partial charge in [0.25, 0.3) is 0 Å².